The van der Waals surface area contributed by atoms with Crippen molar-refractivity contribution in [3.8, 4) is 0 Å². The molecule has 2 amide bonds. The van der Waals surface area contributed by atoms with Gasteiger partial charge in [0.05, 0.1) is 13.1 Å². The van der Waals surface area contributed by atoms with Gasteiger partial charge >= 0.3 is 0 Å². The number of hydrogen-bond donors (Lipinski definition) is 1. The van der Waals surface area contributed by atoms with Gasteiger partial charge < -0.3 is 10.2 Å². The Bertz CT molecular complexity index is 681. The van der Waals surface area contributed by atoms with Crippen molar-refractivity contribution >= 4 is 17.5 Å². The van der Waals surface area contributed by atoms with Gasteiger partial charge in [-0.15, -0.1) is 0 Å². The highest BCUT2D eigenvalue weighted by Gasteiger charge is 2.23. The molecule has 2 aliphatic rings. The molecule has 2 heterocycles. The molecule has 0 aliphatic carbocycles. The van der Waals surface area contributed by atoms with Crippen LogP contribution in [0.3, 0.4) is 0 Å². The minimum Gasteiger partial charge on any atom is -0.342 e. The van der Waals surface area contributed by atoms with Gasteiger partial charge in [0, 0.05) is 45.0 Å². The van der Waals surface area contributed by atoms with Crippen LogP contribution in [0.4, 0.5) is 10.1 Å². The maximum atomic E-state index is 13.6. The lowest BCUT2D eigenvalue weighted by molar-refractivity contribution is -0.133. The Morgan fingerprint density at radius 3 is 2.14 bits per heavy atom. The van der Waals surface area contributed by atoms with Crippen LogP contribution in [0.5, 0.6) is 0 Å². The summed E-state index contributed by atoms with van der Waals surface area (Å²) in [6, 6.07) is 4.72. The molecule has 2 fully saturated rings. The van der Waals surface area contributed by atoms with Gasteiger partial charge in [-0.25, -0.2) is 4.39 Å². The van der Waals surface area contributed by atoms with E-state index in [0.717, 1.165) is 52.1 Å². The highest BCUT2D eigenvalue weighted by molar-refractivity contribution is 5.92. The van der Waals surface area contributed by atoms with Gasteiger partial charge in [0.25, 0.3) is 0 Å². The summed E-state index contributed by atoms with van der Waals surface area (Å²) in [5.41, 5.74) is 1.04. The van der Waals surface area contributed by atoms with E-state index < -0.39 is 0 Å². The largest absolute Gasteiger partial charge is 0.342 e. The molecule has 0 bridgehead atoms. The fourth-order valence-electron chi connectivity index (χ4n) is 3.79. The highest BCUT2D eigenvalue weighted by atomic mass is 19.1. The van der Waals surface area contributed by atoms with Crippen molar-refractivity contribution < 1.29 is 14.0 Å². The number of nitrogens with zero attached hydrogens (tertiary/aromatic N) is 3. The first-order chi connectivity index (χ1) is 13.5. The van der Waals surface area contributed by atoms with Crippen LogP contribution in [0, 0.1) is 12.7 Å². The Morgan fingerprint density at radius 1 is 0.929 bits per heavy atom. The van der Waals surface area contributed by atoms with Crippen molar-refractivity contribution in [2.24, 2.45) is 0 Å². The zero-order chi connectivity index (χ0) is 19.9. The van der Waals surface area contributed by atoms with Crippen molar-refractivity contribution in [1.82, 2.24) is 14.7 Å². The summed E-state index contributed by atoms with van der Waals surface area (Å²) in [4.78, 5) is 31.0. The molecular formula is C21H31FN4O2. The Morgan fingerprint density at radius 2 is 1.54 bits per heavy atom. The normalized spacial score (nSPS) is 19.3. The minimum absolute atomic E-state index is 0.141. The molecular weight excluding hydrogens is 359 g/mol. The molecule has 3 rings (SSSR count). The third kappa shape index (κ3) is 6.01. The van der Waals surface area contributed by atoms with Crippen LogP contribution in [-0.4, -0.2) is 78.9 Å². The molecule has 0 saturated carbocycles. The van der Waals surface area contributed by atoms with E-state index in [1.165, 1.54) is 18.9 Å². The van der Waals surface area contributed by atoms with Gasteiger partial charge in [-0.1, -0.05) is 18.9 Å². The molecule has 6 nitrogen and oxygen atoms in total. The molecule has 2 aliphatic heterocycles. The molecule has 0 atom stereocenters. The first-order valence-corrected chi connectivity index (χ1v) is 10.3. The molecule has 28 heavy (non-hydrogen) atoms. The first-order valence-electron chi connectivity index (χ1n) is 10.3. The predicted octanol–water partition coefficient (Wildman–Crippen LogP) is 2.09. The molecule has 1 aromatic carbocycles. The molecule has 0 unspecified atom stereocenters. The zero-order valence-corrected chi connectivity index (χ0v) is 16.8. The summed E-state index contributed by atoms with van der Waals surface area (Å²) in [5.74, 6) is -0.229. The van der Waals surface area contributed by atoms with E-state index in [9.17, 15) is 14.0 Å². The summed E-state index contributed by atoms with van der Waals surface area (Å²) in [6.07, 6.45) is 4.67. The van der Waals surface area contributed by atoms with E-state index in [1.54, 1.807) is 19.1 Å². The van der Waals surface area contributed by atoms with E-state index >= 15 is 0 Å². The third-order valence-corrected chi connectivity index (χ3v) is 5.61. The van der Waals surface area contributed by atoms with Gasteiger partial charge in [-0.2, -0.15) is 0 Å². The van der Waals surface area contributed by atoms with Gasteiger partial charge in [-0.3, -0.25) is 19.4 Å². The highest BCUT2D eigenvalue weighted by Crippen LogP contribution is 2.14. The van der Waals surface area contributed by atoms with Crippen LogP contribution in [0.2, 0.25) is 0 Å². The molecule has 1 N–H and O–H groups in total. The Labute approximate surface area is 166 Å². The van der Waals surface area contributed by atoms with E-state index in [2.05, 4.69) is 15.1 Å². The van der Waals surface area contributed by atoms with Gasteiger partial charge in [0.2, 0.25) is 11.8 Å². The lowest BCUT2D eigenvalue weighted by Gasteiger charge is -2.35. The van der Waals surface area contributed by atoms with Crippen molar-refractivity contribution in [3.05, 3.63) is 29.6 Å². The minimum atomic E-state index is -0.319. The van der Waals surface area contributed by atoms with E-state index in [4.69, 9.17) is 0 Å². The van der Waals surface area contributed by atoms with Gasteiger partial charge in [0.1, 0.15) is 5.82 Å². The maximum absolute atomic E-state index is 13.6. The average Bonchev–Trinajstić information content (AvgIpc) is 2.96. The second-order valence-corrected chi connectivity index (χ2v) is 7.86. The van der Waals surface area contributed by atoms with Crippen molar-refractivity contribution in [1.29, 1.82) is 0 Å². The number of benzene rings is 1. The number of hydrogen-bond acceptors (Lipinski definition) is 4. The maximum Gasteiger partial charge on any atom is 0.238 e. The number of anilines is 1. The summed E-state index contributed by atoms with van der Waals surface area (Å²) in [7, 11) is 0. The van der Waals surface area contributed by atoms with Crippen LogP contribution in [0.25, 0.3) is 0 Å². The number of nitrogens with one attached hydrogen (secondary N) is 1. The number of carbonyl (C=O) groups is 2. The second kappa shape index (κ2) is 9.98. The van der Waals surface area contributed by atoms with Gasteiger partial charge in [0.15, 0.2) is 0 Å². The Hall–Kier alpha value is -1.99. The number of amides is 2. The summed E-state index contributed by atoms with van der Waals surface area (Å²) < 4.78 is 13.6. The smallest absolute Gasteiger partial charge is 0.238 e. The monoisotopic (exact) mass is 390 g/mol. The van der Waals surface area contributed by atoms with E-state index in [-0.39, 0.29) is 24.2 Å². The third-order valence-electron chi connectivity index (χ3n) is 5.61. The lowest BCUT2D eigenvalue weighted by atomic mass is 10.2. The molecule has 1 aromatic rings. The number of likely N-dealkylation sites (tertiary alicyclic amines) is 1. The van der Waals surface area contributed by atoms with E-state index in [0.29, 0.717) is 17.8 Å². The molecule has 2 saturated heterocycles. The number of carbonyl (C=O) groups excluding carboxylic acids is 2. The van der Waals surface area contributed by atoms with Crippen LogP contribution < -0.4 is 5.32 Å². The summed E-state index contributed by atoms with van der Waals surface area (Å²) in [5, 5.41) is 2.75. The molecule has 0 radical (unpaired) electrons. The number of halogens is 1. The SMILES string of the molecule is Cc1ccc(NC(=O)CN2CCN(CC(=O)N3CCCCCC3)CC2)cc1F. The van der Waals surface area contributed by atoms with Crippen molar-refractivity contribution in [3.63, 3.8) is 0 Å². The lowest BCUT2D eigenvalue weighted by Crippen LogP contribution is -2.51. The molecule has 7 heteroatoms. The second-order valence-electron chi connectivity index (χ2n) is 7.86. The topological polar surface area (TPSA) is 55.9 Å². The predicted molar refractivity (Wildman–Crippen MR) is 108 cm³/mol. The van der Waals surface area contributed by atoms with E-state index in [1.807, 2.05) is 4.90 Å². The summed E-state index contributed by atoms with van der Waals surface area (Å²) >= 11 is 0. The quantitative estimate of drug-likeness (QED) is 0.837. The Kier molecular flexibility index (Phi) is 7.39. The molecule has 0 spiro atoms. The molecule has 0 aromatic heterocycles. The van der Waals surface area contributed by atoms with Crippen LogP contribution in [0.15, 0.2) is 18.2 Å². The Balaban J connectivity index is 1.39. The number of piperazine rings is 1. The number of rotatable bonds is 5. The first kappa shape index (κ1) is 20.7. The van der Waals surface area contributed by atoms with Gasteiger partial charge in [-0.05, 0) is 37.5 Å². The number of aryl methyl sites for hydroxylation is 1. The summed E-state index contributed by atoms with van der Waals surface area (Å²) in [6.45, 7) is 7.30. The molecule has 154 valence electrons. The standard InChI is InChI=1S/C21H31FN4O2/c1-17-6-7-18(14-19(17)22)23-20(27)15-24-10-12-25(13-11-24)16-21(28)26-8-4-2-3-5-9-26/h6-7,14H,2-5,8-13,15-16H2,1H3,(H,23,27). The average molecular weight is 391 g/mol. The van der Waals surface area contributed by atoms with Crippen LogP contribution in [0.1, 0.15) is 31.2 Å². The van der Waals surface area contributed by atoms with Crippen LogP contribution in [-0.2, 0) is 9.59 Å². The van der Waals surface area contributed by atoms with Crippen LogP contribution >= 0.6 is 0 Å². The zero-order valence-electron chi connectivity index (χ0n) is 16.8. The van der Waals surface area contributed by atoms with Crippen molar-refractivity contribution in [2.75, 3.05) is 57.7 Å². The fourth-order valence-corrected chi connectivity index (χ4v) is 3.79. The fraction of sp³-hybridized carbons (Fsp3) is 0.619. The van der Waals surface area contributed by atoms with Crippen molar-refractivity contribution in [2.45, 2.75) is 32.6 Å².